The second-order valence-corrected chi connectivity index (χ2v) is 14.3. The van der Waals surface area contributed by atoms with Crippen LogP contribution in [0, 0.1) is 0 Å². The van der Waals surface area contributed by atoms with E-state index in [0.29, 0.717) is 0 Å². The summed E-state index contributed by atoms with van der Waals surface area (Å²) in [6, 6.07) is 57.7. The summed E-state index contributed by atoms with van der Waals surface area (Å²) in [7, 11) is 0. The fourth-order valence-corrected chi connectivity index (χ4v) is 9.49. The molecule has 3 nitrogen and oxygen atoms in total. The molecule has 0 saturated carbocycles. The van der Waals surface area contributed by atoms with E-state index in [0.717, 1.165) is 38.5 Å². The Hall–Kier alpha value is -6.97. The van der Waals surface area contributed by atoms with E-state index in [4.69, 9.17) is 4.42 Å². The van der Waals surface area contributed by atoms with E-state index in [9.17, 15) is 0 Å². The summed E-state index contributed by atoms with van der Waals surface area (Å²) in [5, 5.41) is 4.62. The molecule has 2 aliphatic rings. The molecule has 3 heterocycles. The summed E-state index contributed by atoms with van der Waals surface area (Å²) in [5.74, 6) is 0. The number of hydrogen-bond acceptors (Lipinski definition) is 2. The zero-order chi connectivity index (χ0) is 34.7. The molecule has 0 aliphatic heterocycles. The molecule has 246 valence electrons. The lowest BCUT2D eigenvalue weighted by molar-refractivity contribution is 0.668. The molecule has 1 spiro atoms. The van der Waals surface area contributed by atoms with Crippen molar-refractivity contribution in [2.45, 2.75) is 5.41 Å². The van der Waals surface area contributed by atoms with E-state index in [1.165, 1.54) is 66.5 Å². The van der Waals surface area contributed by atoms with Crippen LogP contribution in [0.1, 0.15) is 33.4 Å². The van der Waals surface area contributed by atoms with Crippen LogP contribution < -0.4 is 0 Å². The van der Waals surface area contributed by atoms with Gasteiger partial charge in [-0.3, -0.25) is 4.98 Å². The van der Waals surface area contributed by atoms with E-state index < -0.39 is 5.41 Å². The highest BCUT2D eigenvalue weighted by Gasteiger charge is 2.49. The predicted molar refractivity (Wildman–Crippen MR) is 218 cm³/mol. The molecule has 0 amide bonds. The fourth-order valence-electron chi connectivity index (χ4n) is 9.49. The van der Waals surface area contributed by atoms with Crippen molar-refractivity contribution in [3.8, 4) is 27.9 Å². The number of nitrogens with zero attached hydrogens (tertiary/aromatic N) is 2. The van der Waals surface area contributed by atoms with Crippen molar-refractivity contribution >= 4 is 55.9 Å². The van der Waals surface area contributed by atoms with Crippen molar-refractivity contribution in [2.24, 2.45) is 0 Å². The lowest BCUT2D eigenvalue weighted by atomic mass is 9.65. The largest absolute Gasteiger partial charge is 0.456 e. The van der Waals surface area contributed by atoms with Crippen LogP contribution in [-0.2, 0) is 5.41 Å². The summed E-state index contributed by atoms with van der Waals surface area (Å²) < 4.78 is 8.83. The number of fused-ring (bicyclic) bond motifs is 15. The van der Waals surface area contributed by atoms with Crippen molar-refractivity contribution in [1.29, 1.82) is 0 Å². The summed E-state index contributed by atoms with van der Waals surface area (Å²) in [5.41, 5.74) is 17.2. The van der Waals surface area contributed by atoms with Gasteiger partial charge in [0.2, 0.25) is 0 Å². The van der Waals surface area contributed by atoms with Crippen LogP contribution in [0.3, 0.4) is 0 Å². The molecule has 7 aromatic carbocycles. The normalized spacial score (nSPS) is 15.5. The van der Waals surface area contributed by atoms with E-state index in [2.05, 4.69) is 173 Å². The van der Waals surface area contributed by atoms with Gasteiger partial charge in [0, 0.05) is 39.6 Å². The van der Waals surface area contributed by atoms with E-state index in [1.807, 2.05) is 18.5 Å². The second-order valence-electron chi connectivity index (χ2n) is 14.3. The molecule has 0 fully saturated rings. The highest BCUT2D eigenvalue weighted by molar-refractivity contribution is 6.11. The van der Waals surface area contributed by atoms with Gasteiger partial charge in [-0.15, -0.1) is 0 Å². The first-order valence-corrected chi connectivity index (χ1v) is 18.2. The third kappa shape index (κ3) is 3.80. The zero-order valence-corrected chi connectivity index (χ0v) is 28.6. The molecule has 12 rings (SSSR count). The first-order valence-electron chi connectivity index (χ1n) is 18.2. The molecule has 3 heteroatoms. The topological polar surface area (TPSA) is 31.0 Å². The van der Waals surface area contributed by atoms with Crippen molar-refractivity contribution in [3.05, 3.63) is 203 Å². The van der Waals surface area contributed by atoms with E-state index >= 15 is 0 Å². The van der Waals surface area contributed by atoms with Gasteiger partial charge in [0.15, 0.2) is 0 Å². The molecule has 1 unspecified atom stereocenters. The maximum absolute atomic E-state index is 6.49. The number of rotatable bonds is 2. The van der Waals surface area contributed by atoms with Crippen LogP contribution in [0.25, 0.3) is 83.8 Å². The van der Waals surface area contributed by atoms with Gasteiger partial charge in [-0.1, -0.05) is 115 Å². The molecule has 3 aromatic heterocycles. The highest BCUT2D eigenvalue weighted by atomic mass is 16.3. The van der Waals surface area contributed by atoms with E-state index in [-0.39, 0.29) is 0 Å². The Kier molecular flexibility index (Phi) is 5.70. The molecule has 1 atom stereocenters. The maximum atomic E-state index is 6.49. The van der Waals surface area contributed by atoms with E-state index in [1.54, 1.807) is 0 Å². The van der Waals surface area contributed by atoms with Crippen molar-refractivity contribution in [2.75, 3.05) is 0 Å². The van der Waals surface area contributed by atoms with Crippen LogP contribution in [0.15, 0.2) is 175 Å². The first-order chi connectivity index (χ1) is 26.3. The van der Waals surface area contributed by atoms with Gasteiger partial charge in [0.25, 0.3) is 0 Å². The van der Waals surface area contributed by atoms with Gasteiger partial charge < -0.3 is 8.98 Å². The standard InChI is InChI=1S/C50H30N2O/c1-2-11-35(12-3-1)52-46-23-22-33(26-39(46)41-30-51-25-24-47(41)52)34-21-20-32-19-18-31-10-4-7-15-42(31)50(44(32)27-34)43-16-8-5-13-36(43)38-29-49-40(28-45(38)50)37-14-6-9-17-48(37)53-49/h1-30H. The van der Waals surface area contributed by atoms with Gasteiger partial charge in [-0.25, -0.2) is 0 Å². The summed E-state index contributed by atoms with van der Waals surface area (Å²) in [6.45, 7) is 0. The number of para-hydroxylation sites is 2. The van der Waals surface area contributed by atoms with Crippen molar-refractivity contribution < 1.29 is 4.42 Å². The molecular formula is C50H30N2O. The minimum absolute atomic E-state index is 0.554. The Morgan fingerprint density at radius 1 is 0.453 bits per heavy atom. The second kappa shape index (κ2) is 10.5. The molecule has 2 aliphatic carbocycles. The Balaban J connectivity index is 1.16. The zero-order valence-electron chi connectivity index (χ0n) is 28.6. The predicted octanol–water partition coefficient (Wildman–Crippen LogP) is 12.6. The van der Waals surface area contributed by atoms with Gasteiger partial charge in [-0.2, -0.15) is 0 Å². The third-order valence-electron chi connectivity index (χ3n) is 11.7. The average molecular weight is 675 g/mol. The Morgan fingerprint density at radius 2 is 1.19 bits per heavy atom. The van der Waals surface area contributed by atoms with Crippen LogP contribution in [0.4, 0.5) is 0 Å². The van der Waals surface area contributed by atoms with Gasteiger partial charge in [-0.05, 0) is 110 Å². The Morgan fingerprint density at radius 3 is 2.11 bits per heavy atom. The number of benzene rings is 7. The van der Waals surface area contributed by atoms with Gasteiger partial charge in [0.1, 0.15) is 11.2 Å². The molecule has 53 heavy (non-hydrogen) atoms. The molecule has 0 radical (unpaired) electrons. The van der Waals surface area contributed by atoms with Crippen LogP contribution in [0.5, 0.6) is 0 Å². The SMILES string of the molecule is C1=Cc2ccc(-c3ccc4c(c3)c3cnccc3n4-c3ccccc3)cc2C2(c3ccccc31)c1ccccc1-c1cc3oc4ccccc4c3cc12. The molecule has 0 N–H and O–H groups in total. The molecule has 10 aromatic rings. The van der Waals surface area contributed by atoms with Gasteiger partial charge >= 0.3 is 0 Å². The quantitative estimate of drug-likeness (QED) is 0.183. The monoisotopic (exact) mass is 674 g/mol. The van der Waals surface area contributed by atoms with Crippen LogP contribution in [0.2, 0.25) is 0 Å². The minimum atomic E-state index is -0.554. The molecular weight excluding hydrogens is 645 g/mol. The van der Waals surface area contributed by atoms with Gasteiger partial charge in [0.05, 0.1) is 16.4 Å². The summed E-state index contributed by atoms with van der Waals surface area (Å²) in [4.78, 5) is 4.56. The maximum Gasteiger partial charge on any atom is 0.136 e. The van der Waals surface area contributed by atoms with Crippen LogP contribution in [-0.4, -0.2) is 9.55 Å². The first kappa shape index (κ1) is 28.7. The molecule has 0 saturated heterocycles. The molecule has 0 bridgehead atoms. The number of pyridine rings is 1. The highest BCUT2D eigenvalue weighted by Crippen LogP contribution is 2.60. The average Bonchev–Trinajstić information content (AvgIpc) is 3.81. The number of furan rings is 1. The smallest absolute Gasteiger partial charge is 0.136 e. The Bertz CT molecular complexity index is 3180. The van der Waals surface area contributed by atoms with Crippen molar-refractivity contribution in [1.82, 2.24) is 9.55 Å². The summed E-state index contributed by atoms with van der Waals surface area (Å²) in [6.07, 6.45) is 8.49. The summed E-state index contributed by atoms with van der Waals surface area (Å²) >= 11 is 0. The van der Waals surface area contributed by atoms with Crippen LogP contribution >= 0.6 is 0 Å². The number of hydrogen-bond donors (Lipinski definition) is 0. The lowest BCUT2D eigenvalue weighted by Gasteiger charge is -2.35. The fraction of sp³-hybridized carbons (Fsp3) is 0.0200. The minimum Gasteiger partial charge on any atom is -0.456 e. The third-order valence-corrected chi connectivity index (χ3v) is 11.7. The van der Waals surface area contributed by atoms with Crippen molar-refractivity contribution in [3.63, 3.8) is 0 Å². The Labute approximate surface area is 305 Å². The lowest BCUT2D eigenvalue weighted by Crippen LogP contribution is -2.30. The number of aromatic nitrogens is 2.